The van der Waals surface area contributed by atoms with Gasteiger partial charge in [-0.3, -0.25) is 0 Å². The van der Waals surface area contributed by atoms with Crippen molar-refractivity contribution in [3.8, 4) is 0 Å². The Balaban J connectivity index is -0.0000000480. The molecular weight excluding hydrogens is 112 g/mol. The molecular formula is C3H10N2OS. The minimum absolute atomic E-state index is 0. The van der Waals surface area contributed by atoms with Gasteiger partial charge in [-0.25, -0.2) is 4.79 Å². The molecule has 0 aromatic heterocycles. The predicted octanol–water partition coefficient (Wildman–Crippen LogP) is -0.0612. The molecule has 3 nitrogen and oxygen atoms in total. The van der Waals surface area contributed by atoms with Crippen molar-refractivity contribution >= 4 is 19.5 Å². The first-order valence-electron chi connectivity index (χ1n) is 1.28. The van der Waals surface area contributed by atoms with E-state index >= 15 is 0 Å². The summed E-state index contributed by atoms with van der Waals surface area (Å²) < 4.78 is 0. The second kappa shape index (κ2) is 18.3. The third-order valence-electron chi connectivity index (χ3n) is 0. The lowest BCUT2D eigenvalue weighted by Gasteiger charge is -1.62. The molecule has 0 aromatic carbocycles. The first-order valence-corrected chi connectivity index (χ1v) is 1.28. The molecule has 0 spiro atoms. The van der Waals surface area contributed by atoms with Crippen molar-refractivity contribution in [3.05, 3.63) is 13.2 Å². The maximum atomic E-state index is 9.00. The Morgan fingerprint density at radius 1 is 1.29 bits per heavy atom. The molecule has 0 saturated heterocycles. The molecule has 0 bridgehead atoms. The Hall–Kier alpha value is -0.640. The van der Waals surface area contributed by atoms with E-state index in [1.54, 1.807) is 0 Å². The van der Waals surface area contributed by atoms with Gasteiger partial charge in [0, 0.05) is 0 Å². The summed E-state index contributed by atoms with van der Waals surface area (Å²) in [6, 6.07) is -0.833. The van der Waals surface area contributed by atoms with Gasteiger partial charge >= 0.3 is 6.03 Å². The Labute approximate surface area is 49.8 Å². The molecule has 0 heterocycles. The van der Waals surface area contributed by atoms with Crippen molar-refractivity contribution in [1.29, 1.82) is 0 Å². The summed E-state index contributed by atoms with van der Waals surface area (Å²) in [6.45, 7) is 6.00. The summed E-state index contributed by atoms with van der Waals surface area (Å²) in [6.07, 6.45) is 0. The predicted molar refractivity (Wildman–Crippen MR) is 35.4 cm³/mol. The molecule has 4 heteroatoms. The second-order valence-electron chi connectivity index (χ2n) is 0.402. The molecule has 0 saturated carbocycles. The van der Waals surface area contributed by atoms with Crippen LogP contribution in [0.2, 0.25) is 0 Å². The average molecular weight is 122 g/mol. The highest BCUT2D eigenvalue weighted by molar-refractivity contribution is 7.59. The summed E-state index contributed by atoms with van der Waals surface area (Å²) in [7, 11) is 0. The van der Waals surface area contributed by atoms with Crippen LogP contribution in [-0.2, 0) is 0 Å². The lowest BCUT2D eigenvalue weighted by Crippen LogP contribution is -2.18. The lowest BCUT2D eigenvalue weighted by molar-refractivity contribution is 0.256. The zero-order valence-electron chi connectivity index (χ0n) is 3.98. The second-order valence-corrected chi connectivity index (χ2v) is 0.402. The van der Waals surface area contributed by atoms with E-state index in [9.17, 15) is 0 Å². The summed E-state index contributed by atoms with van der Waals surface area (Å²) >= 11 is 0. The number of carbonyl (C=O) groups is 1. The van der Waals surface area contributed by atoms with E-state index in [1.165, 1.54) is 0 Å². The van der Waals surface area contributed by atoms with Crippen molar-refractivity contribution in [2.45, 2.75) is 0 Å². The zero-order valence-corrected chi connectivity index (χ0v) is 4.98. The molecule has 2 amide bonds. The monoisotopic (exact) mass is 122 g/mol. The van der Waals surface area contributed by atoms with Crippen LogP contribution in [-0.4, -0.2) is 6.03 Å². The first-order chi connectivity index (χ1) is 2.73. The van der Waals surface area contributed by atoms with Crippen LogP contribution in [0.3, 0.4) is 0 Å². The average Bonchev–Trinajstić information content (AvgIpc) is 1.41. The standard InChI is InChI=1S/C2H4.CH4N2O.H2S/c1-2;2-1(3)4;/h1-2H2;(H4,2,3,4);1H2. The summed E-state index contributed by atoms with van der Waals surface area (Å²) in [5.41, 5.74) is 8.50. The number of carbonyl (C=O) groups excluding carboxylic acids is 1. The highest BCUT2D eigenvalue weighted by atomic mass is 32.1. The van der Waals surface area contributed by atoms with Crippen LogP contribution in [0, 0.1) is 0 Å². The minimum Gasteiger partial charge on any atom is -0.352 e. The Kier molecular flexibility index (Phi) is 42.3. The zero-order chi connectivity index (χ0) is 5.58. The van der Waals surface area contributed by atoms with Crippen molar-refractivity contribution in [2.75, 3.05) is 0 Å². The smallest absolute Gasteiger partial charge is 0.309 e. The molecule has 0 aliphatic rings. The largest absolute Gasteiger partial charge is 0.352 e. The van der Waals surface area contributed by atoms with Gasteiger partial charge in [-0.1, -0.05) is 0 Å². The van der Waals surface area contributed by atoms with Gasteiger partial charge < -0.3 is 11.5 Å². The lowest BCUT2D eigenvalue weighted by atomic mass is 11.2. The van der Waals surface area contributed by atoms with Crippen LogP contribution < -0.4 is 11.5 Å². The van der Waals surface area contributed by atoms with Gasteiger partial charge in [0.05, 0.1) is 0 Å². The number of hydrogen-bond donors (Lipinski definition) is 2. The molecule has 0 aromatic rings. The molecule has 0 unspecified atom stereocenters. The maximum Gasteiger partial charge on any atom is 0.309 e. The fourth-order valence-electron chi connectivity index (χ4n) is 0. The number of nitrogens with two attached hydrogens (primary N) is 2. The quantitative estimate of drug-likeness (QED) is 0.434. The molecule has 0 aliphatic heterocycles. The first kappa shape index (κ1) is 16.2. The molecule has 4 N–H and O–H groups in total. The third kappa shape index (κ3) is 148. The molecule has 44 valence electrons. The highest BCUT2D eigenvalue weighted by Gasteiger charge is 1.60. The van der Waals surface area contributed by atoms with Gasteiger partial charge in [-0.2, -0.15) is 13.5 Å². The normalized spacial score (nSPS) is 4.00. The molecule has 0 fully saturated rings. The van der Waals surface area contributed by atoms with Gasteiger partial charge in [-0.05, 0) is 0 Å². The van der Waals surface area contributed by atoms with Crippen LogP contribution in [0.25, 0.3) is 0 Å². The van der Waals surface area contributed by atoms with Crippen molar-refractivity contribution in [2.24, 2.45) is 11.5 Å². The minimum atomic E-state index is -0.833. The topological polar surface area (TPSA) is 69.1 Å². The van der Waals surface area contributed by atoms with Crippen molar-refractivity contribution < 1.29 is 4.79 Å². The number of hydrogen-bond acceptors (Lipinski definition) is 1. The summed E-state index contributed by atoms with van der Waals surface area (Å²) in [4.78, 5) is 9.00. The fraction of sp³-hybridized carbons (Fsp3) is 0. The molecule has 0 atom stereocenters. The van der Waals surface area contributed by atoms with Gasteiger partial charge in [0.25, 0.3) is 0 Å². The summed E-state index contributed by atoms with van der Waals surface area (Å²) in [5.74, 6) is 0. The van der Waals surface area contributed by atoms with E-state index in [-0.39, 0.29) is 13.5 Å². The van der Waals surface area contributed by atoms with Crippen molar-refractivity contribution in [1.82, 2.24) is 0 Å². The van der Waals surface area contributed by atoms with E-state index in [2.05, 4.69) is 24.6 Å². The SMILES string of the molecule is C=C.NC(N)=O.S. The number of primary amides is 2. The Bertz CT molecular complexity index is 44.2. The number of rotatable bonds is 0. The van der Waals surface area contributed by atoms with Crippen LogP contribution in [0.4, 0.5) is 4.79 Å². The molecule has 0 radical (unpaired) electrons. The molecule has 0 rings (SSSR count). The maximum absolute atomic E-state index is 9.00. The van der Waals surface area contributed by atoms with Gasteiger partial charge in [0.2, 0.25) is 0 Å². The molecule has 7 heavy (non-hydrogen) atoms. The van der Waals surface area contributed by atoms with E-state index in [0.717, 1.165) is 0 Å². The van der Waals surface area contributed by atoms with E-state index in [4.69, 9.17) is 4.79 Å². The van der Waals surface area contributed by atoms with Crippen LogP contribution in [0.1, 0.15) is 0 Å². The fourth-order valence-corrected chi connectivity index (χ4v) is 0. The Morgan fingerprint density at radius 3 is 1.29 bits per heavy atom. The highest BCUT2D eigenvalue weighted by Crippen LogP contribution is 1.25. The van der Waals surface area contributed by atoms with Crippen LogP contribution in [0.5, 0.6) is 0 Å². The van der Waals surface area contributed by atoms with E-state index in [0.29, 0.717) is 0 Å². The van der Waals surface area contributed by atoms with Gasteiger partial charge in [0.1, 0.15) is 0 Å². The number of amides is 2. The van der Waals surface area contributed by atoms with E-state index < -0.39 is 6.03 Å². The van der Waals surface area contributed by atoms with E-state index in [1.807, 2.05) is 0 Å². The number of urea groups is 1. The van der Waals surface area contributed by atoms with Crippen LogP contribution in [0.15, 0.2) is 13.2 Å². The van der Waals surface area contributed by atoms with Crippen LogP contribution >= 0.6 is 13.5 Å². The van der Waals surface area contributed by atoms with Crippen molar-refractivity contribution in [3.63, 3.8) is 0 Å². The molecule has 0 aliphatic carbocycles. The van der Waals surface area contributed by atoms with Gasteiger partial charge in [0.15, 0.2) is 0 Å². The third-order valence-corrected chi connectivity index (χ3v) is 0. The Morgan fingerprint density at radius 2 is 1.29 bits per heavy atom. The van der Waals surface area contributed by atoms with Gasteiger partial charge in [-0.15, -0.1) is 13.2 Å². The summed E-state index contributed by atoms with van der Waals surface area (Å²) in [5, 5.41) is 0.